The molecule has 0 aromatic carbocycles. The number of rotatable bonds is 6. The number of hydrogen-bond donors (Lipinski definition) is 2. The minimum atomic E-state index is -1.01. The molecule has 1 heterocycles. The Morgan fingerprint density at radius 1 is 1.14 bits per heavy atom. The second kappa shape index (κ2) is 7.28. The number of piperidine rings is 1. The summed E-state index contributed by atoms with van der Waals surface area (Å²) >= 11 is 0. The van der Waals surface area contributed by atoms with Gasteiger partial charge in [-0.15, -0.1) is 0 Å². The maximum absolute atomic E-state index is 11.9. The second-order valence-corrected chi connectivity index (χ2v) is 5.68. The molecule has 2 fully saturated rings. The van der Waals surface area contributed by atoms with Gasteiger partial charge in [0.2, 0.25) is 5.91 Å². The summed E-state index contributed by atoms with van der Waals surface area (Å²) in [5.41, 5.74) is 0. The minimum Gasteiger partial charge on any atom is -0.480 e. The number of carboxylic acids is 1. The summed E-state index contributed by atoms with van der Waals surface area (Å²) in [5.74, 6) is -0.951. The normalized spacial score (nSPS) is 18.2. The Morgan fingerprint density at radius 2 is 1.81 bits per heavy atom. The monoisotopic (exact) mass is 297 g/mol. The summed E-state index contributed by atoms with van der Waals surface area (Å²) in [7, 11) is 0. The third kappa shape index (κ3) is 4.91. The van der Waals surface area contributed by atoms with Crippen LogP contribution in [0.5, 0.6) is 0 Å². The molecule has 2 aliphatic rings. The lowest BCUT2D eigenvalue weighted by molar-refractivity contribution is -0.138. The Kier molecular flexibility index (Phi) is 5.41. The molecule has 0 spiro atoms. The van der Waals surface area contributed by atoms with Gasteiger partial charge in [-0.05, 0) is 32.1 Å². The van der Waals surface area contributed by atoms with Crippen LogP contribution < -0.4 is 5.32 Å². The number of likely N-dealkylation sites (tertiary alicyclic amines) is 1. The van der Waals surface area contributed by atoms with E-state index >= 15 is 0 Å². The van der Waals surface area contributed by atoms with Gasteiger partial charge in [0.05, 0.1) is 0 Å². The molecule has 0 aromatic rings. The summed E-state index contributed by atoms with van der Waals surface area (Å²) in [6.07, 6.45) is 5.25. The van der Waals surface area contributed by atoms with E-state index in [1.165, 1.54) is 11.3 Å². The molecule has 0 aromatic heterocycles. The van der Waals surface area contributed by atoms with E-state index in [-0.39, 0.29) is 37.5 Å². The van der Waals surface area contributed by atoms with Crippen molar-refractivity contribution in [2.45, 2.75) is 44.6 Å². The first kappa shape index (κ1) is 15.6. The summed E-state index contributed by atoms with van der Waals surface area (Å²) in [6.45, 7) is 1.59. The molecule has 7 heteroatoms. The first-order valence-corrected chi connectivity index (χ1v) is 7.62. The highest BCUT2D eigenvalue weighted by atomic mass is 16.4. The van der Waals surface area contributed by atoms with Gasteiger partial charge in [-0.2, -0.15) is 0 Å². The van der Waals surface area contributed by atoms with Crippen LogP contribution in [0.3, 0.4) is 0 Å². The van der Waals surface area contributed by atoms with E-state index in [9.17, 15) is 14.4 Å². The second-order valence-electron chi connectivity index (χ2n) is 5.68. The molecule has 0 bridgehead atoms. The standard InChI is InChI=1S/C14H23N3O4/c18-12(16-8-2-1-3-9-16)6-7-15-14(21)17(10-13(19)20)11-4-5-11/h11H,1-10H2,(H,15,21)(H,19,20). The van der Waals surface area contributed by atoms with Crippen molar-refractivity contribution >= 4 is 17.9 Å². The Labute approximate surface area is 124 Å². The van der Waals surface area contributed by atoms with Gasteiger partial charge in [-0.1, -0.05) is 0 Å². The lowest BCUT2D eigenvalue weighted by Gasteiger charge is -2.27. The first-order valence-electron chi connectivity index (χ1n) is 7.62. The highest BCUT2D eigenvalue weighted by Gasteiger charge is 2.33. The molecule has 0 radical (unpaired) electrons. The lowest BCUT2D eigenvalue weighted by atomic mass is 10.1. The van der Waals surface area contributed by atoms with E-state index in [2.05, 4.69) is 5.32 Å². The molecule has 2 N–H and O–H groups in total. The smallest absolute Gasteiger partial charge is 0.323 e. The van der Waals surface area contributed by atoms with E-state index in [1.807, 2.05) is 4.90 Å². The summed E-state index contributed by atoms with van der Waals surface area (Å²) in [5, 5.41) is 11.5. The van der Waals surface area contributed by atoms with Crippen molar-refractivity contribution in [1.29, 1.82) is 0 Å². The molecule has 2 rings (SSSR count). The van der Waals surface area contributed by atoms with Crippen molar-refractivity contribution < 1.29 is 19.5 Å². The molecular formula is C14H23N3O4. The van der Waals surface area contributed by atoms with Crippen LogP contribution in [0.25, 0.3) is 0 Å². The zero-order valence-corrected chi connectivity index (χ0v) is 12.2. The van der Waals surface area contributed by atoms with Crippen molar-refractivity contribution in [2.24, 2.45) is 0 Å². The van der Waals surface area contributed by atoms with Crippen LogP contribution in [0.1, 0.15) is 38.5 Å². The van der Waals surface area contributed by atoms with Crippen LogP contribution in [0.15, 0.2) is 0 Å². The third-order valence-corrected chi connectivity index (χ3v) is 3.88. The van der Waals surface area contributed by atoms with Gasteiger partial charge in [-0.25, -0.2) is 4.79 Å². The fourth-order valence-electron chi connectivity index (χ4n) is 2.58. The van der Waals surface area contributed by atoms with E-state index in [1.54, 1.807) is 0 Å². The fraction of sp³-hybridized carbons (Fsp3) is 0.786. The number of nitrogens with one attached hydrogen (secondary N) is 1. The highest BCUT2D eigenvalue weighted by molar-refractivity contribution is 5.81. The van der Waals surface area contributed by atoms with Crippen molar-refractivity contribution in [1.82, 2.24) is 15.1 Å². The number of amides is 3. The molecule has 21 heavy (non-hydrogen) atoms. The van der Waals surface area contributed by atoms with Gasteiger partial charge in [-0.3, -0.25) is 9.59 Å². The molecule has 1 saturated heterocycles. The van der Waals surface area contributed by atoms with Crippen LogP contribution in [0, 0.1) is 0 Å². The molecule has 118 valence electrons. The Bertz CT molecular complexity index is 403. The van der Waals surface area contributed by atoms with Crippen molar-refractivity contribution in [3.05, 3.63) is 0 Å². The molecule has 0 unspecified atom stereocenters. The molecule has 1 aliphatic heterocycles. The number of urea groups is 1. The van der Waals surface area contributed by atoms with Crippen molar-refractivity contribution in [2.75, 3.05) is 26.2 Å². The van der Waals surface area contributed by atoms with Crippen LogP contribution in [-0.2, 0) is 9.59 Å². The molecule has 1 saturated carbocycles. The summed E-state index contributed by atoms with van der Waals surface area (Å²) in [6, 6.07) is -0.342. The van der Waals surface area contributed by atoms with Crippen molar-refractivity contribution in [3.63, 3.8) is 0 Å². The predicted molar refractivity (Wildman–Crippen MR) is 75.8 cm³/mol. The van der Waals surface area contributed by atoms with Gasteiger partial charge in [0, 0.05) is 32.1 Å². The van der Waals surface area contributed by atoms with E-state index in [0.29, 0.717) is 0 Å². The number of carbonyl (C=O) groups is 3. The van der Waals surface area contributed by atoms with E-state index in [4.69, 9.17) is 5.11 Å². The average molecular weight is 297 g/mol. The molecule has 1 aliphatic carbocycles. The van der Waals surface area contributed by atoms with Crippen LogP contribution in [0.2, 0.25) is 0 Å². The predicted octanol–water partition coefficient (Wildman–Crippen LogP) is 0.648. The van der Waals surface area contributed by atoms with Gasteiger partial charge >= 0.3 is 12.0 Å². The Balaban J connectivity index is 1.70. The van der Waals surface area contributed by atoms with Gasteiger partial charge < -0.3 is 20.2 Å². The number of carbonyl (C=O) groups excluding carboxylic acids is 2. The van der Waals surface area contributed by atoms with Crippen molar-refractivity contribution in [3.8, 4) is 0 Å². The van der Waals surface area contributed by atoms with Crippen LogP contribution in [0.4, 0.5) is 4.79 Å². The van der Waals surface area contributed by atoms with Gasteiger partial charge in [0.25, 0.3) is 0 Å². The Hall–Kier alpha value is -1.79. The molecule has 3 amide bonds. The zero-order chi connectivity index (χ0) is 15.2. The third-order valence-electron chi connectivity index (χ3n) is 3.88. The first-order chi connectivity index (χ1) is 10.1. The molecular weight excluding hydrogens is 274 g/mol. The van der Waals surface area contributed by atoms with Gasteiger partial charge in [0.15, 0.2) is 0 Å². The van der Waals surface area contributed by atoms with Crippen LogP contribution >= 0.6 is 0 Å². The highest BCUT2D eigenvalue weighted by Crippen LogP contribution is 2.26. The number of carboxylic acid groups (broad SMARTS) is 1. The maximum atomic E-state index is 11.9. The topological polar surface area (TPSA) is 90.0 Å². The molecule has 7 nitrogen and oxygen atoms in total. The average Bonchev–Trinajstić information content (AvgIpc) is 3.29. The fourth-order valence-corrected chi connectivity index (χ4v) is 2.58. The maximum Gasteiger partial charge on any atom is 0.323 e. The largest absolute Gasteiger partial charge is 0.480 e. The zero-order valence-electron chi connectivity index (χ0n) is 12.2. The number of hydrogen-bond acceptors (Lipinski definition) is 3. The minimum absolute atomic E-state index is 0.0406. The van der Waals surface area contributed by atoms with Crippen LogP contribution in [-0.4, -0.2) is 65.0 Å². The quantitative estimate of drug-likeness (QED) is 0.753. The SMILES string of the molecule is O=C(O)CN(C(=O)NCCC(=O)N1CCCCC1)C1CC1. The summed E-state index contributed by atoms with van der Waals surface area (Å²) in [4.78, 5) is 37.8. The van der Waals surface area contributed by atoms with Gasteiger partial charge in [0.1, 0.15) is 6.54 Å². The Morgan fingerprint density at radius 3 is 2.38 bits per heavy atom. The molecule has 0 atom stereocenters. The lowest BCUT2D eigenvalue weighted by Crippen LogP contribution is -2.45. The van der Waals surface area contributed by atoms with E-state index in [0.717, 1.165) is 38.8 Å². The number of nitrogens with zero attached hydrogens (tertiary/aromatic N) is 2. The summed E-state index contributed by atoms with van der Waals surface area (Å²) < 4.78 is 0. The van der Waals surface area contributed by atoms with E-state index < -0.39 is 5.97 Å². The number of aliphatic carboxylic acids is 1.